The van der Waals surface area contributed by atoms with Crippen LogP contribution in [-0.2, 0) is 11.2 Å². The summed E-state index contributed by atoms with van der Waals surface area (Å²) in [5, 5.41) is 9.91. The van der Waals surface area contributed by atoms with Gasteiger partial charge in [-0.1, -0.05) is 31.2 Å². The molecule has 0 aromatic heterocycles. The van der Waals surface area contributed by atoms with Gasteiger partial charge in [0.2, 0.25) is 5.91 Å². The first kappa shape index (κ1) is 15.9. The predicted octanol–water partition coefficient (Wildman–Crippen LogP) is 2.22. The van der Waals surface area contributed by atoms with E-state index in [0.717, 1.165) is 5.56 Å². The number of fused-ring (bicyclic) bond motifs is 2. The fourth-order valence-corrected chi connectivity index (χ4v) is 3.17. The maximum absolute atomic E-state index is 12.7. The van der Waals surface area contributed by atoms with E-state index < -0.39 is 0 Å². The van der Waals surface area contributed by atoms with Gasteiger partial charge in [0.1, 0.15) is 5.75 Å². The fraction of sp³-hybridized carbons (Fsp3) is 0.211. The molecule has 2 aromatic rings. The summed E-state index contributed by atoms with van der Waals surface area (Å²) >= 11 is 0. The number of amides is 1. The highest BCUT2D eigenvalue weighted by atomic mass is 16.3. The maximum Gasteiger partial charge on any atom is 0.217 e. The van der Waals surface area contributed by atoms with Gasteiger partial charge in [0, 0.05) is 23.1 Å². The molecule has 0 aliphatic heterocycles. The van der Waals surface area contributed by atoms with Crippen molar-refractivity contribution in [2.75, 3.05) is 0 Å². The summed E-state index contributed by atoms with van der Waals surface area (Å²) in [6, 6.07) is 9.56. The Morgan fingerprint density at radius 3 is 2.54 bits per heavy atom. The molecule has 1 aliphatic rings. The van der Waals surface area contributed by atoms with Crippen LogP contribution in [0.2, 0.25) is 0 Å². The van der Waals surface area contributed by atoms with Crippen LogP contribution in [0.25, 0.3) is 0 Å². The van der Waals surface area contributed by atoms with Crippen molar-refractivity contribution in [2.24, 2.45) is 11.7 Å². The molecule has 2 aromatic carbocycles. The summed E-state index contributed by atoms with van der Waals surface area (Å²) < 4.78 is 0. The lowest BCUT2D eigenvalue weighted by Crippen LogP contribution is -2.21. The molecule has 0 heterocycles. The number of benzene rings is 2. The molecule has 122 valence electrons. The minimum Gasteiger partial charge on any atom is -0.507 e. The van der Waals surface area contributed by atoms with Crippen molar-refractivity contribution < 1.29 is 19.5 Å². The number of hydrogen-bond acceptors (Lipinski definition) is 4. The van der Waals surface area contributed by atoms with Gasteiger partial charge in [-0.3, -0.25) is 14.4 Å². The summed E-state index contributed by atoms with van der Waals surface area (Å²) in [5.74, 6) is -1.13. The van der Waals surface area contributed by atoms with E-state index in [1.54, 1.807) is 30.3 Å². The summed E-state index contributed by atoms with van der Waals surface area (Å²) in [4.78, 5) is 36.3. The Balaban J connectivity index is 1.99. The van der Waals surface area contributed by atoms with Crippen LogP contribution >= 0.6 is 0 Å². The maximum atomic E-state index is 12.7. The molecule has 5 heteroatoms. The van der Waals surface area contributed by atoms with Crippen LogP contribution in [0.5, 0.6) is 5.75 Å². The van der Waals surface area contributed by atoms with Gasteiger partial charge in [-0.25, -0.2) is 0 Å². The average molecular weight is 323 g/mol. The van der Waals surface area contributed by atoms with Crippen LogP contribution in [-0.4, -0.2) is 22.6 Å². The number of ketones is 2. The zero-order valence-electron chi connectivity index (χ0n) is 13.2. The van der Waals surface area contributed by atoms with Gasteiger partial charge in [-0.15, -0.1) is 0 Å². The lowest BCUT2D eigenvalue weighted by Gasteiger charge is -2.19. The zero-order valence-corrected chi connectivity index (χ0v) is 13.2. The Hall–Kier alpha value is -2.95. The van der Waals surface area contributed by atoms with E-state index in [1.165, 1.54) is 6.07 Å². The number of nitrogens with two attached hydrogens (primary N) is 1. The van der Waals surface area contributed by atoms with Gasteiger partial charge in [0.25, 0.3) is 0 Å². The van der Waals surface area contributed by atoms with E-state index in [9.17, 15) is 19.5 Å². The van der Waals surface area contributed by atoms with E-state index >= 15 is 0 Å². The minimum atomic E-state index is -0.365. The molecule has 0 saturated carbocycles. The largest absolute Gasteiger partial charge is 0.507 e. The number of primary amides is 1. The highest BCUT2D eigenvalue weighted by Gasteiger charge is 2.31. The molecule has 0 spiro atoms. The second-order valence-electron chi connectivity index (χ2n) is 6.22. The quantitative estimate of drug-likeness (QED) is 0.769. The number of hydrogen-bond donors (Lipinski definition) is 2. The second kappa shape index (κ2) is 5.92. The number of phenols is 1. The minimum absolute atomic E-state index is 0.0475. The van der Waals surface area contributed by atoms with Crippen molar-refractivity contribution >= 4 is 17.5 Å². The topological polar surface area (TPSA) is 97.5 Å². The van der Waals surface area contributed by atoms with Crippen LogP contribution < -0.4 is 5.73 Å². The van der Waals surface area contributed by atoms with Crippen molar-refractivity contribution in [1.29, 1.82) is 0 Å². The van der Waals surface area contributed by atoms with Gasteiger partial charge >= 0.3 is 0 Å². The number of carbonyl (C=O) groups is 3. The zero-order chi connectivity index (χ0) is 17.4. The molecule has 24 heavy (non-hydrogen) atoms. The van der Waals surface area contributed by atoms with Crippen LogP contribution in [0, 0.1) is 5.92 Å². The molecule has 1 aliphatic carbocycles. The monoisotopic (exact) mass is 323 g/mol. The number of carbonyl (C=O) groups excluding carboxylic acids is 3. The molecule has 0 bridgehead atoms. The number of aromatic hydroxyl groups is 1. The SMILES string of the molecule is C[C@H](CC(N)=O)Cc1ccc2c(c1)C(=O)c1cccc(O)c1C2=O. The van der Waals surface area contributed by atoms with E-state index in [1.807, 2.05) is 6.92 Å². The number of phenolic OH excluding ortho intramolecular Hbond substituents is 1. The first-order valence-corrected chi connectivity index (χ1v) is 7.71. The normalized spacial score (nSPS) is 14.0. The summed E-state index contributed by atoms with van der Waals surface area (Å²) in [5.41, 5.74) is 6.98. The Kier molecular flexibility index (Phi) is 3.93. The predicted molar refractivity (Wildman–Crippen MR) is 88.1 cm³/mol. The van der Waals surface area contributed by atoms with Crippen molar-refractivity contribution in [3.63, 3.8) is 0 Å². The third kappa shape index (κ3) is 2.69. The van der Waals surface area contributed by atoms with Gasteiger partial charge in [0.15, 0.2) is 11.6 Å². The highest BCUT2D eigenvalue weighted by Crippen LogP contribution is 2.33. The van der Waals surface area contributed by atoms with Gasteiger partial charge in [-0.05, 0) is 30.0 Å². The van der Waals surface area contributed by atoms with Crippen molar-refractivity contribution in [1.82, 2.24) is 0 Å². The summed E-state index contributed by atoms with van der Waals surface area (Å²) in [7, 11) is 0. The summed E-state index contributed by atoms with van der Waals surface area (Å²) in [6.07, 6.45) is 0.852. The van der Waals surface area contributed by atoms with Crippen LogP contribution in [0.4, 0.5) is 0 Å². The smallest absolute Gasteiger partial charge is 0.217 e. The first-order valence-electron chi connectivity index (χ1n) is 7.71. The molecule has 0 radical (unpaired) electrons. The molecular weight excluding hydrogens is 306 g/mol. The molecule has 5 nitrogen and oxygen atoms in total. The Morgan fingerprint density at radius 1 is 1.08 bits per heavy atom. The third-order valence-corrected chi connectivity index (χ3v) is 4.22. The standard InChI is InChI=1S/C19H17NO4/c1-10(8-16(20)22)7-11-5-6-12-14(9-11)18(23)13-3-2-4-15(21)17(13)19(12)24/h2-6,9-10,21H,7-8H2,1H3,(H2,20,22)/t10-/m0/s1. The van der Waals surface area contributed by atoms with Crippen LogP contribution in [0.15, 0.2) is 36.4 Å². The van der Waals surface area contributed by atoms with Crippen LogP contribution in [0.3, 0.4) is 0 Å². The lowest BCUT2D eigenvalue weighted by molar-refractivity contribution is -0.118. The van der Waals surface area contributed by atoms with E-state index in [-0.39, 0.29) is 46.7 Å². The average Bonchev–Trinajstić information content (AvgIpc) is 2.51. The van der Waals surface area contributed by atoms with Crippen molar-refractivity contribution in [3.05, 3.63) is 64.2 Å². The second-order valence-corrected chi connectivity index (χ2v) is 6.22. The Morgan fingerprint density at radius 2 is 1.83 bits per heavy atom. The van der Waals surface area contributed by atoms with Gasteiger partial charge in [0.05, 0.1) is 5.56 Å². The highest BCUT2D eigenvalue weighted by molar-refractivity contribution is 6.29. The lowest BCUT2D eigenvalue weighted by atomic mass is 9.82. The Bertz CT molecular complexity index is 870. The molecule has 1 amide bonds. The van der Waals surface area contributed by atoms with E-state index in [4.69, 9.17) is 5.73 Å². The van der Waals surface area contributed by atoms with E-state index in [0.29, 0.717) is 17.5 Å². The third-order valence-electron chi connectivity index (χ3n) is 4.22. The van der Waals surface area contributed by atoms with Gasteiger partial charge < -0.3 is 10.8 Å². The molecule has 0 saturated heterocycles. The molecule has 0 unspecified atom stereocenters. The molecule has 0 fully saturated rings. The Labute approximate surface area is 139 Å². The fourth-order valence-electron chi connectivity index (χ4n) is 3.17. The van der Waals surface area contributed by atoms with Crippen molar-refractivity contribution in [3.8, 4) is 5.75 Å². The molecule has 3 rings (SSSR count). The molecular formula is C19H17NO4. The first-order chi connectivity index (χ1) is 11.4. The number of rotatable bonds is 4. The van der Waals surface area contributed by atoms with E-state index in [2.05, 4.69) is 0 Å². The molecule has 3 N–H and O–H groups in total. The summed E-state index contributed by atoms with van der Waals surface area (Å²) in [6.45, 7) is 1.91. The molecule has 1 atom stereocenters. The van der Waals surface area contributed by atoms with Crippen LogP contribution in [0.1, 0.15) is 50.8 Å². The van der Waals surface area contributed by atoms with Gasteiger partial charge in [-0.2, -0.15) is 0 Å². The van der Waals surface area contributed by atoms with Crippen molar-refractivity contribution in [2.45, 2.75) is 19.8 Å².